The minimum absolute atomic E-state index is 0.00428. The van der Waals surface area contributed by atoms with E-state index in [9.17, 15) is 28.8 Å². The van der Waals surface area contributed by atoms with Gasteiger partial charge in [0, 0.05) is 114 Å². The average molecular weight is 870 g/mol. The summed E-state index contributed by atoms with van der Waals surface area (Å²) < 4.78 is 2.20. The lowest BCUT2D eigenvalue weighted by Gasteiger charge is -2.53. The first-order valence-electron chi connectivity index (χ1n) is 22.5. The molecule has 2 saturated heterocycles. The molecule has 15 nitrogen and oxygen atoms in total. The van der Waals surface area contributed by atoms with Crippen molar-refractivity contribution in [2.24, 2.45) is 0 Å². The van der Waals surface area contributed by atoms with Crippen LogP contribution >= 0.6 is 0 Å². The molecule has 3 fully saturated rings. The lowest BCUT2D eigenvalue weighted by atomic mass is 9.71. The molecule has 8 rings (SSSR count). The van der Waals surface area contributed by atoms with E-state index in [1.807, 2.05) is 72.5 Å². The van der Waals surface area contributed by atoms with Crippen molar-refractivity contribution in [1.82, 2.24) is 34.8 Å². The van der Waals surface area contributed by atoms with Crippen LogP contribution in [0.15, 0.2) is 78.9 Å². The van der Waals surface area contributed by atoms with Gasteiger partial charge in [0.2, 0.25) is 11.8 Å². The van der Waals surface area contributed by atoms with Crippen molar-refractivity contribution >= 4 is 46.9 Å². The molecular formula is C49H59N9O6. The van der Waals surface area contributed by atoms with E-state index >= 15 is 0 Å². The SMILES string of the molecule is Cc1ccc(C(=O)N2CCN(CCCCC(=O)Nc3ccc(CNC(=O)c4ccc5n4CCN(Cc4ccc(C(=O)N(C)C)cc4)C54CCC4)cc3)CC2)cc1N1CCC(=O)NC1=O. The predicted molar refractivity (Wildman–Crippen MR) is 244 cm³/mol. The van der Waals surface area contributed by atoms with Crippen LogP contribution in [0.25, 0.3) is 0 Å². The maximum Gasteiger partial charge on any atom is 0.328 e. The molecule has 64 heavy (non-hydrogen) atoms. The number of hydrogen-bond donors (Lipinski definition) is 3. The maximum atomic E-state index is 13.5. The van der Waals surface area contributed by atoms with Gasteiger partial charge in [-0.25, -0.2) is 4.79 Å². The molecule has 336 valence electrons. The second kappa shape index (κ2) is 19.2. The minimum Gasteiger partial charge on any atom is -0.347 e. The Balaban J connectivity index is 0.741. The van der Waals surface area contributed by atoms with Crippen LogP contribution < -0.4 is 20.9 Å². The van der Waals surface area contributed by atoms with Crippen molar-refractivity contribution < 1.29 is 28.8 Å². The molecule has 1 saturated carbocycles. The smallest absolute Gasteiger partial charge is 0.328 e. The molecule has 0 atom stereocenters. The first kappa shape index (κ1) is 44.3. The fourth-order valence-corrected chi connectivity index (χ4v) is 9.46. The molecule has 7 amide bonds. The summed E-state index contributed by atoms with van der Waals surface area (Å²) in [6.07, 6.45) is 5.48. The number of urea groups is 1. The number of anilines is 2. The van der Waals surface area contributed by atoms with E-state index in [1.54, 1.807) is 31.1 Å². The topological polar surface area (TPSA) is 160 Å². The summed E-state index contributed by atoms with van der Waals surface area (Å²) in [7, 11) is 3.52. The first-order valence-corrected chi connectivity index (χ1v) is 22.5. The second-order valence-corrected chi connectivity index (χ2v) is 17.7. The van der Waals surface area contributed by atoms with E-state index in [0.29, 0.717) is 54.3 Å². The summed E-state index contributed by atoms with van der Waals surface area (Å²) in [5, 5.41) is 8.45. The third-order valence-electron chi connectivity index (χ3n) is 13.3. The van der Waals surface area contributed by atoms with Gasteiger partial charge in [-0.3, -0.25) is 44.0 Å². The fourth-order valence-electron chi connectivity index (χ4n) is 9.46. The molecule has 15 heteroatoms. The number of carbonyl (C=O) groups excluding carboxylic acids is 6. The summed E-state index contributed by atoms with van der Waals surface area (Å²) in [5.74, 6) is -0.529. The van der Waals surface area contributed by atoms with Gasteiger partial charge in [-0.2, -0.15) is 0 Å². The Labute approximate surface area is 374 Å². The second-order valence-electron chi connectivity index (χ2n) is 17.7. The van der Waals surface area contributed by atoms with Crippen LogP contribution in [0.5, 0.6) is 0 Å². The van der Waals surface area contributed by atoms with E-state index in [-0.39, 0.29) is 48.0 Å². The molecular weight excluding hydrogens is 811 g/mol. The largest absolute Gasteiger partial charge is 0.347 e. The molecule has 4 aromatic rings. The Hall–Kier alpha value is -6.32. The number of piperazine rings is 1. The normalized spacial score (nSPS) is 17.4. The molecule has 3 N–H and O–H groups in total. The van der Waals surface area contributed by atoms with Gasteiger partial charge < -0.3 is 25.0 Å². The maximum absolute atomic E-state index is 13.5. The van der Waals surface area contributed by atoms with Crippen LogP contribution in [0, 0.1) is 6.92 Å². The van der Waals surface area contributed by atoms with Gasteiger partial charge in [0.25, 0.3) is 17.7 Å². The molecule has 1 aliphatic carbocycles. The summed E-state index contributed by atoms with van der Waals surface area (Å²) >= 11 is 0. The van der Waals surface area contributed by atoms with Gasteiger partial charge in [0.1, 0.15) is 5.69 Å². The molecule has 4 aliphatic rings. The summed E-state index contributed by atoms with van der Waals surface area (Å²) in [4.78, 5) is 86.0. The van der Waals surface area contributed by atoms with Crippen molar-refractivity contribution in [3.8, 4) is 0 Å². The number of fused-ring (bicyclic) bond motifs is 2. The highest BCUT2D eigenvalue weighted by Crippen LogP contribution is 2.49. The Morgan fingerprint density at radius 1 is 0.781 bits per heavy atom. The Morgan fingerprint density at radius 2 is 1.50 bits per heavy atom. The third kappa shape index (κ3) is 9.60. The number of rotatable bonds is 14. The zero-order chi connectivity index (χ0) is 45.0. The van der Waals surface area contributed by atoms with Gasteiger partial charge in [-0.05, 0) is 111 Å². The summed E-state index contributed by atoms with van der Waals surface area (Å²) in [6, 6.07) is 24.5. The Bertz CT molecular complexity index is 2400. The van der Waals surface area contributed by atoms with Gasteiger partial charge in [-0.1, -0.05) is 30.3 Å². The number of carbonyl (C=O) groups is 6. The number of benzene rings is 3. The molecule has 1 aromatic heterocycles. The molecule has 4 heterocycles. The average Bonchev–Trinajstić information content (AvgIpc) is 3.72. The number of nitrogens with one attached hydrogen (secondary N) is 3. The molecule has 1 spiro atoms. The quantitative estimate of drug-likeness (QED) is 0.144. The number of amides is 7. The first-order chi connectivity index (χ1) is 30.9. The van der Waals surface area contributed by atoms with E-state index in [4.69, 9.17) is 0 Å². The van der Waals surface area contributed by atoms with Crippen molar-refractivity contribution in [2.45, 2.75) is 77.0 Å². The van der Waals surface area contributed by atoms with E-state index in [1.165, 1.54) is 16.2 Å². The van der Waals surface area contributed by atoms with Crippen LogP contribution in [0.3, 0.4) is 0 Å². The number of aryl methyl sites for hydroxylation is 1. The number of unbranched alkanes of at least 4 members (excludes halogenated alkanes) is 1. The standard InChI is InChI=1S/C49H59N9O6/c1-34-8-13-38(31-41(34)58-24-20-44(60)52-48(58)64)47(63)55-27-25-54(26-28-55)23-5-4-7-43(59)51-39-16-11-35(12-17-39)32-50-45(61)40-18-19-42-49(21-6-22-49)56(29-30-57(40)42)33-36-9-14-37(15-10-36)46(62)53(2)3/h8-19,31H,4-7,20-30,32-33H2,1-3H3,(H,50,61)(H,51,59)(H,52,60,64). The predicted octanol–water partition coefficient (Wildman–Crippen LogP) is 5.34. The van der Waals surface area contributed by atoms with Crippen LogP contribution in [0.1, 0.15) is 98.5 Å². The minimum atomic E-state index is -0.470. The molecule has 0 bridgehead atoms. The highest BCUT2D eigenvalue weighted by Gasteiger charge is 2.48. The Kier molecular flexibility index (Phi) is 13.3. The fraction of sp³-hybridized carbons (Fsp3) is 0.429. The lowest BCUT2D eigenvalue weighted by Crippen LogP contribution is -2.56. The van der Waals surface area contributed by atoms with Crippen molar-refractivity contribution in [3.63, 3.8) is 0 Å². The van der Waals surface area contributed by atoms with Crippen molar-refractivity contribution in [2.75, 3.05) is 70.1 Å². The number of nitrogens with zero attached hydrogens (tertiary/aromatic N) is 6. The van der Waals surface area contributed by atoms with Crippen LogP contribution in [0.4, 0.5) is 16.2 Å². The van der Waals surface area contributed by atoms with Gasteiger partial charge in [-0.15, -0.1) is 0 Å². The Morgan fingerprint density at radius 3 is 2.19 bits per heavy atom. The molecule has 3 aromatic carbocycles. The van der Waals surface area contributed by atoms with Crippen LogP contribution in [0.2, 0.25) is 0 Å². The van der Waals surface area contributed by atoms with Crippen molar-refractivity contribution in [3.05, 3.63) is 118 Å². The van der Waals surface area contributed by atoms with Crippen LogP contribution in [-0.4, -0.2) is 120 Å². The van der Waals surface area contributed by atoms with Crippen molar-refractivity contribution in [1.29, 1.82) is 0 Å². The van der Waals surface area contributed by atoms with E-state index < -0.39 is 6.03 Å². The molecule has 0 radical (unpaired) electrons. The van der Waals surface area contributed by atoms with E-state index in [0.717, 1.165) is 82.5 Å². The zero-order valence-corrected chi connectivity index (χ0v) is 37.2. The number of aromatic nitrogens is 1. The summed E-state index contributed by atoms with van der Waals surface area (Å²) in [6.45, 7) is 8.40. The van der Waals surface area contributed by atoms with Gasteiger partial charge in [0.15, 0.2) is 0 Å². The highest BCUT2D eigenvalue weighted by atomic mass is 16.2. The molecule has 0 unspecified atom stereocenters. The number of hydrogen-bond acceptors (Lipinski definition) is 8. The zero-order valence-electron chi connectivity index (χ0n) is 37.2. The highest BCUT2D eigenvalue weighted by molar-refractivity contribution is 6.06. The monoisotopic (exact) mass is 869 g/mol. The van der Waals surface area contributed by atoms with Crippen LogP contribution in [-0.2, 0) is 34.8 Å². The van der Waals surface area contributed by atoms with Gasteiger partial charge in [0.05, 0.1) is 5.54 Å². The van der Waals surface area contributed by atoms with E-state index in [2.05, 4.69) is 36.4 Å². The number of imide groups is 1. The molecule has 3 aliphatic heterocycles. The lowest BCUT2D eigenvalue weighted by molar-refractivity contribution is -0.120. The van der Waals surface area contributed by atoms with Gasteiger partial charge >= 0.3 is 6.03 Å². The third-order valence-corrected chi connectivity index (χ3v) is 13.3. The summed E-state index contributed by atoms with van der Waals surface area (Å²) in [5.41, 5.74) is 7.29.